The summed E-state index contributed by atoms with van der Waals surface area (Å²) in [5.74, 6) is -1.43. The third kappa shape index (κ3) is 5.86. The Bertz CT molecular complexity index is 713. The molecule has 0 spiro atoms. The number of ether oxygens (including phenoxy) is 1. The van der Waals surface area contributed by atoms with Crippen LogP contribution in [0.2, 0.25) is 0 Å². The summed E-state index contributed by atoms with van der Waals surface area (Å²) in [5.41, 5.74) is -0.272. The number of aliphatic imine (C=N–C) groups is 1. The maximum Gasteiger partial charge on any atom is 0.303 e. The summed E-state index contributed by atoms with van der Waals surface area (Å²) in [5, 5.41) is 58.9. The Kier molecular flexibility index (Phi) is 8.12. The SMILES string of the molecule is CC1(C)CC(=O)C(C(CCCCC(=O)O)=N[C@@H]2O[C@H](CO)[C@@H](O)[C@H](O)[C@H]2O)=C(O)C1. The van der Waals surface area contributed by atoms with Crippen LogP contribution < -0.4 is 0 Å². The van der Waals surface area contributed by atoms with Gasteiger partial charge in [-0.15, -0.1) is 0 Å². The number of Topliss-reactive ketones (excluding diaryl/α,β-unsaturated/α-hetero) is 1. The van der Waals surface area contributed by atoms with Crippen LogP contribution >= 0.6 is 0 Å². The fraction of sp³-hybridized carbons (Fsp3) is 0.750. The van der Waals surface area contributed by atoms with Crippen LogP contribution in [0.25, 0.3) is 0 Å². The molecule has 0 saturated carbocycles. The number of carboxylic acids is 1. The first-order valence-corrected chi connectivity index (χ1v) is 10.0. The van der Waals surface area contributed by atoms with Crippen LogP contribution in [0.4, 0.5) is 0 Å². The second kappa shape index (κ2) is 9.97. The van der Waals surface area contributed by atoms with Crippen molar-refractivity contribution < 1.29 is 45.0 Å². The Morgan fingerprint density at radius 2 is 1.73 bits per heavy atom. The number of hydrogen-bond donors (Lipinski definition) is 6. The normalized spacial score (nSPS) is 32.4. The molecule has 0 unspecified atom stereocenters. The number of unbranched alkanes of at least 4 members (excludes halogenated alkanes) is 1. The summed E-state index contributed by atoms with van der Waals surface area (Å²) in [6, 6.07) is 0. The third-order valence-electron chi connectivity index (χ3n) is 5.35. The van der Waals surface area contributed by atoms with E-state index >= 15 is 0 Å². The van der Waals surface area contributed by atoms with Crippen LogP contribution in [0.15, 0.2) is 16.3 Å². The number of aliphatic carboxylic acids is 1. The first kappa shape index (κ1) is 24.4. The van der Waals surface area contributed by atoms with E-state index in [0.717, 1.165) is 0 Å². The van der Waals surface area contributed by atoms with Gasteiger partial charge in [0.15, 0.2) is 12.0 Å². The van der Waals surface area contributed by atoms with Gasteiger partial charge in [0.2, 0.25) is 0 Å². The average Bonchev–Trinajstić information content (AvgIpc) is 2.63. The number of allylic oxidation sites excluding steroid dienone is 2. The summed E-state index contributed by atoms with van der Waals surface area (Å²) in [6.45, 7) is 3.07. The quantitative estimate of drug-likeness (QED) is 0.230. The lowest BCUT2D eigenvalue weighted by Gasteiger charge is -2.38. The lowest BCUT2D eigenvalue weighted by atomic mass is 9.75. The minimum absolute atomic E-state index is 0.0154. The van der Waals surface area contributed by atoms with Crippen molar-refractivity contribution in [2.75, 3.05) is 6.61 Å². The molecule has 10 nitrogen and oxygen atoms in total. The van der Waals surface area contributed by atoms with Gasteiger partial charge in [0, 0.05) is 19.3 Å². The molecule has 1 heterocycles. The van der Waals surface area contributed by atoms with Gasteiger partial charge in [0.25, 0.3) is 0 Å². The number of aliphatic hydroxyl groups is 5. The third-order valence-corrected chi connectivity index (χ3v) is 5.35. The number of nitrogens with zero attached hydrogens (tertiary/aromatic N) is 1. The Labute approximate surface area is 174 Å². The lowest BCUT2D eigenvalue weighted by molar-refractivity contribution is -0.226. The molecule has 6 N–H and O–H groups in total. The number of ketones is 1. The number of rotatable bonds is 8. The second-order valence-corrected chi connectivity index (χ2v) is 8.66. The molecule has 0 aromatic heterocycles. The first-order chi connectivity index (χ1) is 14.0. The standard InChI is InChI=1S/C20H31NO9/c1-20(2)7-11(23)15(12(24)8-20)10(5-3-4-6-14(25)26)21-19-18(29)17(28)16(27)13(9-22)30-19/h13,16-19,22-23,27-29H,3-9H2,1-2H3,(H,25,26)/t13-,16-,17+,18-,19-/m1/s1. The summed E-state index contributed by atoms with van der Waals surface area (Å²) in [4.78, 5) is 27.8. The van der Waals surface area contributed by atoms with Crippen molar-refractivity contribution in [3.05, 3.63) is 11.3 Å². The molecule has 10 heteroatoms. The molecule has 30 heavy (non-hydrogen) atoms. The topological polar surface area (TPSA) is 177 Å². The largest absolute Gasteiger partial charge is 0.511 e. The fourth-order valence-electron chi connectivity index (χ4n) is 3.78. The van der Waals surface area contributed by atoms with E-state index in [1.54, 1.807) is 0 Å². The van der Waals surface area contributed by atoms with Gasteiger partial charge in [-0.1, -0.05) is 13.8 Å². The maximum absolute atomic E-state index is 12.7. The van der Waals surface area contributed by atoms with E-state index in [4.69, 9.17) is 9.84 Å². The monoisotopic (exact) mass is 429 g/mol. The number of carboxylic acid groups (broad SMARTS) is 1. The number of aliphatic hydroxyl groups excluding tert-OH is 5. The molecule has 0 aromatic carbocycles. The van der Waals surface area contributed by atoms with Crippen molar-refractivity contribution in [2.24, 2.45) is 10.4 Å². The van der Waals surface area contributed by atoms with Crippen molar-refractivity contribution in [1.29, 1.82) is 0 Å². The molecule has 0 aromatic rings. The predicted molar refractivity (Wildman–Crippen MR) is 105 cm³/mol. The van der Waals surface area contributed by atoms with Crippen LogP contribution in [-0.4, -0.2) is 85.4 Å². The highest BCUT2D eigenvalue weighted by Gasteiger charge is 2.44. The molecular weight excluding hydrogens is 398 g/mol. The highest BCUT2D eigenvalue weighted by atomic mass is 16.6. The Morgan fingerprint density at radius 1 is 1.10 bits per heavy atom. The summed E-state index contributed by atoms with van der Waals surface area (Å²) >= 11 is 0. The smallest absolute Gasteiger partial charge is 0.303 e. The van der Waals surface area contributed by atoms with Crippen molar-refractivity contribution in [3.8, 4) is 0 Å². The highest BCUT2D eigenvalue weighted by Crippen LogP contribution is 2.37. The van der Waals surface area contributed by atoms with E-state index in [1.807, 2.05) is 13.8 Å². The van der Waals surface area contributed by atoms with Gasteiger partial charge in [-0.25, -0.2) is 0 Å². The molecule has 1 aliphatic carbocycles. The van der Waals surface area contributed by atoms with Crippen LogP contribution in [0.1, 0.15) is 52.4 Å². The van der Waals surface area contributed by atoms with E-state index in [2.05, 4.69) is 4.99 Å². The van der Waals surface area contributed by atoms with E-state index < -0.39 is 48.6 Å². The molecule has 1 fully saturated rings. The Hall–Kier alpha value is -1.85. The fourth-order valence-corrected chi connectivity index (χ4v) is 3.78. The molecule has 170 valence electrons. The van der Waals surface area contributed by atoms with Crippen LogP contribution in [0.5, 0.6) is 0 Å². The minimum Gasteiger partial charge on any atom is -0.511 e. The van der Waals surface area contributed by atoms with Crippen molar-refractivity contribution in [3.63, 3.8) is 0 Å². The van der Waals surface area contributed by atoms with Crippen LogP contribution in [0.3, 0.4) is 0 Å². The molecule has 0 amide bonds. The van der Waals surface area contributed by atoms with Gasteiger partial charge >= 0.3 is 5.97 Å². The number of carbonyl (C=O) groups excluding carboxylic acids is 1. The molecule has 2 aliphatic rings. The van der Waals surface area contributed by atoms with Gasteiger partial charge < -0.3 is 35.4 Å². The van der Waals surface area contributed by atoms with Crippen molar-refractivity contribution >= 4 is 17.5 Å². The molecule has 2 rings (SSSR count). The summed E-state index contributed by atoms with van der Waals surface area (Å²) in [7, 11) is 0. The molecule has 1 saturated heterocycles. The van der Waals surface area contributed by atoms with Gasteiger partial charge in [-0.05, 0) is 24.7 Å². The van der Waals surface area contributed by atoms with E-state index in [0.29, 0.717) is 12.8 Å². The Balaban J connectivity index is 2.35. The average molecular weight is 429 g/mol. The van der Waals surface area contributed by atoms with Gasteiger partial charge in [-0.2, -0.15) is 0 Å². The molecule has 5 atom stereocenters. The van der Waals surface area contributed by atoms with Gasteiger partial charge in [0.1, 0.15) is 30.2 Å². The second-order valence-electron chi connectivity index (χ2n) is 8.66. The zero-order valence-electron chi connectivity index (χ0n) is 17.2. The van der Waals surface area contributed by atoms with Crippen LogP contribution in [-0.2, 0) is 14.3 Å². The van der Waals surface area contributed by atoms with E-state index in [-0.39, 0.29) is 48.5 Å². The molecular formula is C20H31NO9. The van der Waals surface area contributed by atoms with E-state index in [9.17, 15) is 35.1 Å². The van der Waals surface area contributed by atoms with Crippen LogP contribution in [0, 0.1) is 5.41 Å². The molecule has 1 aliphatic heterocycles. The first-order valence-electron chi connectivity index (χ1n) is 10.0. The van der Waals surface area contributed by atoms with E-state index in [1.165, 1.54) is 0 Å². The number of carbonyl (C=O) groups is 2. The van der Waals surface area contributed by atoms with Crippen molar-refractivity contribution in [2.45, 2.75) is 83.0 Å². The zero-order chi connectivity index (χ0) is 22.6. The van der Waals surface area contributed by atoms with Gasteiger partial charge in [-0.3, -0.25) is 14.6 Å². The number of hydrogen-bond acceptors (Lipinski definition) is 9. The highest BCUT2D eigenvalue weighted by molar-refractivity contribution is 6.23. The Morgan fingerprint density at radius 3 is 2.30 bits per heavy atom. The zero-order valence-corrected chi connectivity index (χ0v) is 17.2. The maximum atomic E-state index is 12.7. The lowest BCUT2D eigenvalue weighted by Crippen LogP contribution is -2.58. The molecule has 0 radical (unpaired) electrons. The van der Waals surface area contributed by atoms with Crippen molar-refractivity contribution in [1.82, 2.24) is 0 Å². The summed E-state index contributed by atoms with van der Waals surface area (Å²) in [6.07, 6.45) is -6.14. The minimum atomic E-state index is -1.62. The predicted octanol–water partition coefficient (Wildman–Crippen LogP) is 0.0735. The van der Waals surface area contributed by atoms with Gasteiger partial charge in [0.05, 0.1) is 17.9 Å². The molecule has 0 bridgehead atoms. The summed E-state index contributed by atoms with van der Waals surface area (Å²) < 4.78 is 5.40.